The highest BCUT2D eigenvalue weighted by atomic mass is 32.2. The van der Waals surface area contributed by atoms with Gasteiger partial charge in [0, 0.05) is 6.42 Å². The smallest absolute Gasteiger partial charge is 0.424 e. The minimum absolute atomic E-state index is 0.00995. The summed E-state index contributed by atoms with van der Waals surface area (Å²) in [4.78, 5) is 23.9. The summed E-state index contributed by atoms with van der Waals surface area (Å²) in [5, 5.41) is 15.1. The zero-order chi connectivity index (χ0) is 29.5. The number of nitrogens with one attached hydrogen (secondary N) is 2. The van der Waals surface area contributed by atoms with Crippen molar-refractivity contribution >= 4 is 27.7 Å². The maximum absolute atomic E-state index is 13.7. The number of halogens is 5. The number of amides is 2. The van der Waals surface area contributed by atoms with E-state index < -0.39 is 63.5 Å². The summed E-state index contributed by atoms with van der Waals surface area (Å²) < 4.78 is 101. The third-order valence-corrected chi connectivity index (χ3v) is 8.81. The molecule has 2 amide bonds. The van der Waals surface area contributed by atoms with Crippen molar-refractivity contribution < 1.29 is 49.8 Å². The maximum atomic E-state index is 13.7. The van der Waals surface area contributed by atoms with Gasteiger partial charge in [-0.25, -0.2) is 22.0 Å². The fourth-order valence-electron chi connectivity index (χ4n) is 4.67. The van der Waals surface area contributed by atoms with Gasteiger partial charge in [-0.15, -0.1) is 0 Å². The van der Waals surface area contributed by atoms with Crippen LogP contribution in [0.3, 0.4) is 0 Å². The molecule has 2 aliphatic heterocycles. The van der Waals surface area contributed by atoms with Crippen LogP contribution in [0, 0.1) is 5.82 Å². The molecule has 0 bridgehead atoms. The van der Waals surface area contributed by atoms with Crippen LogP contribution in [-0.4, -0.2) is 63.1 Å². The lowest BCUT2D eigenvalue weighted by Gasteiger charge is -2.38. The largest absolute Gasteiger partial charge is 0.439 e. The normalized spacial score (nSPS) is 22.6. The molecule has 40 heavy (non-hydrogen) atoms. The number of alkyl carbamates (subject to hydrolysis) is 1. The van der Waals surface area contributed by atoms with Crippen LogP contribution in [0.25, 0.3) is 0 Å². The summed E-state index contributed by atoms with van der Waals surface area (Å²) in [6.07, 6.45) is -6.36. The molecule has 0 aromatic heterocycles. The highest BCUT2D eigenvalue weighted by Crippen LogP contribution is 2.43. The number of benzene rings is 2. The average molecular weight is 592 g/mol. The van der Waals surface area contributed by atoms with Crippen LogP contribution >= 0.6 is 0 Å². The molecule has 0 aliphatic carbocycles. The molecule has 15 heteroatoms. The number of nitrogens with zero attached hydrogens (tertiary/aromatic N) is 1. The second kappa shape index (κ2) is 10.5. The summed E-state index contributed by atoms with van der Waals surface area (Å²) in [6, 6.07) is 5.56. The monoisotopic (exact) mass is 591 g/mol. The topological polar surface area (TPSA) is 125 Å². The van der Waals surface area contributed by atoms with Gasteiger partial charge < -0.3 is 20.5 Å². The minimum Gasteiger partial charge on any atom is -0.439 e. The molecular weight excluding hydrogens is 565 g/mol. The molecule has 3 atom stereocenters. The Hall–Kier alpha value is -3.46. The van der Waals surface area contributed by atoms with E-state index in [9.17, 15) is 45.1 Å². The third-order valence-electron chi connectivity index (χ3n) is 6.93. The van der Waals surface area contributed by atoms with E-state index in [-0.39, 0.29) is 48.5 Å². The SMILES string of the molecule is CC1(CNC(=O)C[C@@H]2CCc3cc(C(O)(CF)C(F)(F)F)ccc3N2S(=O)(=O)c2ccc(F)cc2)CNC(=O)O1. The molecule has 1 saturated heterocycles. The predicted octanol–water partition coefficient (Wildman–Crippen LogP) is 3.06. The van der Waals surface area contributed by atoms with E-state index in [2.05, 4.69) is 10.6 Å². The maximum Gasteiger partial charge on any atom is 0.424 e. The highest BCUT2D eigenvalue weighted by molar-refractivity contribution is 7.92. The summed E-state index contributed by atoms with van der Waals surface area (Å²) in [6.45, 7) is -0.495. The second-order valence-corrected chi connectivity index (χ2v) is 11.8. The van der Waals surface area contributed by atoms with Crippen molar-refractivity contribution in [2.45, 2.75) is 54.5 Å². The van der Waals surface area contributed by atoms with Crippen molar-refractivity contribution in [3.05, 3.63) is 59.4 Å². The van der Waals surface area contributed by atoms with E-state index in [1.807, 2.05) is 0 Å². The molecule has 4 rings (SSSR count). The van der Waals surface area contributed by atoms with Crippen LogP contribution in [-0.2, 0) is 31.6 Å². The van der Waals surface area contributed by atoms with E-state index in [4.69, 9.17) is 4.74 Å². The molecule has 3 N–H and O–H groups in total. The first-order chi connectivity index (χ1) is 18.6. The van der Waals surface area contributed by atoms with Crippen LogP contribution in [0.15, 0.2) is 47.4 Å². The number of ether oxygens (including phenoxy) is 1. The summed E-state index contributed by atoms with van der Waals surface area (Å²) in [7, 11) is -4.47. The molecule has 9 nitrogen and oxygen atoms in total. The summed E-state index contributed by atoms with van der Waals surface area (Å²) in [5.41, 5.74) is -5.61. The second-order valence-electron chi connectivity index (χ2n) is 9.96. The number of fused-ring (bicyclic) bond motifs is 1. The van der Waals surface area contributed by atoms with Gasteiger partial charge in [0.25, 0.3) is 10.0 Å². The van der Waals surface area contributed by atoms with E-state index in [1.54, 1.807) is 6.92 Å². The van der Waals surface area contributed by atoms with Gasteiger partial charge in [0.1, 0.15) is 18.1 Å². The Morgan fingerprint density at radius 2 is 1.90 bits per heavy atom. The van der Waals surface area contributed by atoms with Gasteiger partial charge in [-0.2, -0.15) is 13.2 Å². The van der Waals surface area contributed by atoms with Gasteiger partial charge in [-0.1, -0.05) is 12.1 Å². The van der Waals surface area contributed by atoms with Crippen LogP contribution < -0.4 is 14.9 Å². The standard InChI is InChI=1S/C25H26F5N3O6S/c1-23(14-32-22(35)39-23)13-31-21(34)11-18-6-2-15-10-16(24(36,12-26)25(28,29)30)3-9-20(15)33(18)40(37,38)19-7-4-17(27)5-8-19/h3-5,7-10,18,36H,2,6,11-14H2,1H3,(H,31,34)(H,32,35)/t18-,23?,24?/m0/s1. The minimum atomic E-state index is -5.34. The Morgan fingerprint density at radius 1 is 1.23 bits per heavy atom. The van der Waals surface area contributed by atoms with Crippen LogP contribution in [0.4, 0.5) is 32.4 Å². The number of anilines is 1. The molecule has 2 aromatic carbocycles. The Kier molecular flexibility index (Phi) is 7.75. The summed E-state index contributed by atoms with van der Waals surface area (Å²) in [5.74, 6) is -1.29. The van der Waals surface area contributed by atoms with Crippen molar-refractivity contribution in [3.63, 3.8) is 0 Å². The molecule has 0 saturated carbocycles. The molecule has 2 aliphatic rings. The van der Waals surface area contributed by atoms with Gasteiger partial charge in [0.2, 0.25) is 11.5 Å². The number of hydrogen-bond donors (Lipinski definition) is 3. The van der Waals surface area contributed by atoms with Crippen molar-refractivity contribution in [2.75, 3.05) is 24.1 Å². The predicted molar refractivity (Wildman–Crippen MR) is 131 cm³/mol. The zero-order valence-corrected chi connectivity index (χ0v) is 21.9. The van der Waals surface area contributed by atoms with Crippen LogP contribution in [0.1, 0.15) is 30.9 Å². The number of carbonyl (C=O) groups is 2. The highest BCUT2D eigenvalue weighted by Gasteiger charge is 2.55. The fourth-order valence-corrected chi connectivity index (χ4v) is 6.38. The zero-order valence-electron chi connectivity index (χ0n) is 21.1. The number of cyclic esters (lactones) is 1. The van der Waals surface area contributed by atoms with Gasteiger partial charge in [0.05, 0.1) is 29.7 Å². The fraction of sp³-hybridized carbons (Fsp3) is 0.440. The van der Waals surface area contributed by atoms with E-state index >= 15 is 0 Å². The van der Waals surface area contributed by atoms with Gasteiger partial charge in [-0.3, -0.25) is 9.10 Å². The Labute approximate surface area is 226 Å². The molecule has 218 valence electrons. The van der Waals surface area contributed by atoms with Crippen molar-refractivity contribution in [3.8, 4) is 0 Å². The third kappa shape index (κ3) is 5.57. The Morgan fingerprint density at radius 3 is 2.48 bits per heavy atom. The van der Waals surface area contributed by atoms with Crippen molar-refractivity contribution in [1.29, 1.82) is 0 Å². The first-order valence-corrected chi connectivity index (χ1v) is 13.6. The van der Waals surface area contributed by atoms with Gasteiger partial charge in [-0.05, 0) is 61.2 Å². The number of carbonyl (C=O) groups excluding carboxylic acids is 2. The molecule has 0 spiro atoms. The number of aryl methyl sites for hydroxylation is 1. The Bertz CT molecular complexity index is 1400. The lowest BCUT2D eigenvalue weighted by atomic mass is 9.88. The first-order valence-electron chi connectivity index (χ1n) is 12.1. The van der Waals surface area contributed by atoms with E-state index in [0.717, 1.165) is 46.8 Å². The lowest BCUT2D eigenvalue weighted by molar-refractivity contribution is -0.271. The van der Waals surface area contributed by atoms with E-state index in [0.29, 0.717) is 0 Å². The number of hydrogen-bond acceptors (Lipinski definition) is 6. The molecule has 2 unspecified atom stereocenters. The number of alkyl halides is 4. The molecule has 2 aromatic rings. The van der Waals surface area contributed by atoms with Crippen LogP contribution in [0.2, 0.25) is 0 Å². The molecular formula is C25H26F5N3O6S. The molecule has 1 fully saturated rings. The molecule has 0 radical (unpaired) electrons. The first kappa shape index (κ1) is 29.5. The summed E-state index contributed by atoms with van der Waals surface area (Å²) >= 11 is 0. The van der Waals surface area contributed by atoms with E-state index in [1.165, 1.54) is 0 Å². The number of sulfonamides is 1. The average Bonchev–Trinajstić information content (AvgIpc) is 3.24. The van der Waals surface area contributed by atoms with Gasteiger partial charge in [0.15, 0.2) is 0 Å². The quantitative estimate of drug-likeness (QED) is 0.406. The van der Waals surface area contributed by atoms with Crippen molar-refractivity contribution in [1.82, 2.24) is 10.6 Å². The number of aliphatic hydroxyl groups is 1. The Balaban J connectivity index is 1.68. The van der Waals surface area contributed by atoms with Gasteiger partial charge >= 0.3 is 12.3 Å². The van der Waals surface area contributed by atoms with Crippen molar-refractivity contribution in [2.24, 2.45) is 0 Å². The number of rotatable bonds is 8. The lowest BCUT2D eigenvalue weighted by Crippen LogP contribution is -2.48. The molecule has 2 heterocycles. The van der Waals surface area contributed by atoms with Crippen LogP contribution in [0.5, 0.6) is 0 Å².